The zero-order chi connectivity index (χ0) is 26.3. The third-order valence-corrected chi connectivity index (χ3v) is 6.63. The van der Waals surface area contributed by atoms with Crippen LogP contribution in [-0.4, -0.2) is 34.5 Å². The van der Waals surface area contributed by atoms with Crippen molar-refractivity contribution in [2.24, 2.45) is 0 Å². The first-order valence-corrected chi connectivity index (χ1v) is 12.5. The fourth-order valence-corrected chi connectivity index (χ4v) is 4.75. The molecule has 0 fully saturated rings. The quantitative estimate of drug-likeness (QED) is 0.219. The van der Waals surface area contributed by atoms with Crippen molar-refractivity contribution in [1.82, 2.24) is 4.90 Å². The highest BCUT2D eigenvalue weighted by Crippen LogP contribution is 2.37. The summed E-state index contributed by atoms with van der Waals surface area (Å²) in [6.45, 7) is -0.0141. The Morgan fingerprint density at radius 3 is 2.05 bits per heavy atom. The lowest BCUT2D eigenvalue weighted by Crippen LogP contribution is -2.44. The number of carbonyl (C=O) groups excluding carboxylic acids is 2. The van der Waals surface area contributed by atoms with E-state index in [0.29, 0.717) is 11.3 Å². The van der Waals surface area contributed by atoms with Gasteiger partial charge in [-0.1, -0.05) is 97.1 Å². The van der Waals surface area contributed by atoms with Crippen LogP contribution in [0.4, 0.5) is 5.69 Å². The minimum atomic E-state index is -0.534. The summed E-state index contributed by atoms with van der Waals surface area (Å²) in [5, 5.41) is 13.9. The molecule has 0 saturated heterocycles. The van der Waals surface area contributed by atoms with E-state index in [1.165, 1.54) is 0 Å². The summed E-state index contributed by atoms with van der Waals surface area (Å²) in [4.78, 5) is 28.0. The maximum Gasteiger partial charge on any atom is 0.338 e. The number of amides is 1. The van der Waals surface area contributed by atoms with Gasteiger partial charge in [0, 0.05) is 6.08 Å². The third-order valence-electron chi connectivity index (χ3n) is 6.63. The topological polar surface area (TPSA) is 78.9 Å². The Balaban J connectivity index is 1.50. The molecule has 1 aliphatic rings. The number of ether oxygens (including phenoxy) is 1. The van der Waals surface area contributed by atoms with Gasteiger partial charge >= 0.3 is 5.97 Å². The van der Waals surface area contributed by atoms with Crippen molar-refractivity contribution < 1.29 is 19.4 Å². The molecule has 38 heavy (non-hydrogen) atoms. The van der Waals surface area contributed by atoms with Gasteiger partial charge in [0.2, 0.25) is 5.91 Å². The Kier molecular flexibility index (Phi) is 7.50. The number of benzene rings is 4. The van der Waals surface area contributed by atoms with Gasteiger partial charge in [-0.25, -0.2) is 4.79 Å². The summed E-state index contributed by atoms with van der Waals surface area (Å²) < 4.78 is 5.76. The van der Waals surface area contributed by atoms with Crippen molar-refractivity contribution in [3.63, 3.8) is 0 Å². The zero-order valence-electron chi connectivity index (χ0n) is 20.7. The van der Waals surface area contributed by atoms with E-state index in [4.69, 9.17) is 4.74 Å². The van der Waals surface area contributed by atoms with Crippen LogP contribution in [0.5, 0.6) is 5.75 Å². The minimum Gasteiger partial charge on any atom is -0.506 e. The summed E-state index contributed by atoms with van der Waals surface area (Å²) >= 11 is 0. The summed E-state index contributed by atoms with van der Waals surface area (Å²) in [6, 6.07) is 33.8. The lowest BCUT2D eigenvalue weighted by Gasteiger charge is -2.38. The van der Waals surface area contributed by atoms with E-state index in [9.17, 15) is 14.7 Å². The SMILES string of the molecule is O=C(OC[C@@H](c1ccccc1)N1C(=O)C=CC1C(Nc1ccccc1O)c1ccccc1)c1ccccc1. The standard InChI is InChI=1S/C32H28N2O4/c35-29-19-11-10-18-26(29)33-31(24-14-6-2-7-15-24)27-20-21-30(36)34(27)28(23-12-4-1-5-13-23)22-38-32(37)25-16-8-3-9-17-25/h1-21,27-28,31,33,35H,22H2/t27?,28-,31?/m0/s1. The lowest BCUT2D eigenvalue weighted by atomic mass is 9.96. The van der Waals surface area contributed by atoms with E-state index in [2.05, 4.69) is 5.32 Å². The highest BCUT2D eigenvalue weighted by atomic mass is 16.5. The molecule has 0 spiro atoms. The second-order valence-electron chi connectivity index (χ2n) is 9.04. The Morgan fingerprint density at radius 1 is 0.816 bits per heavy atom. The molecule has 1 aliphatic heterocycles. The third kappa shape index (κ3) is 5.44. The summed E-state index contributed by atoms with van der Waals surface area (Å²) in [6.07, 6.45) is 3.42. The molecule has 0 radical (unpaired) electrons. The summed E-state index contributed by atoms with van der Waals surface area (Å²) in [7, 11) is 0. The number of nitrogens with zero attached hydrogens (tertiary/aromatic N) is 1. The zero-order valence-corrected chi connectivity index (χ0v) is 20.7. The van der Waals surface area contributed by atoms with E-state index in [0.717, 1.165) is 11.1 Å². The van der Waals surface area contributed by atoms with Gasteiger partial charge in [0.25, 0.3) is 0 Å². The second-order valence-corrected chi connectivity index (χ2v) is 9.04. The number of nitrogens with one attached hydrogen (secondary N) is 1. The smallest absolute Gasteiger partial charge is 0.338 e. The number of rotatable bonds is 9. The fraction of sp³-hybridized carbons (Fsp3) is 0.125. The highest BCUT2D eigenvalue weighted by Gasteiger charge is 2.39. The molecule has 6 nitrogen and oxygen atoms in total. The molecule has 0 aromatic heterocycles. The molecule has 0 aliphatic carbocycles. The highest BCUT2D eigenvalue weighted by molar-refractivity contribution is 5.92. The van der Waals surface area contributed by atoms with Crippen LogP contribution >= 0.6 is 0 Å². The van der Waals surface area contributed by atoms with Crippen molar-refractivity contribution in [2.75, 3.05) is 11.9 Å². The van der Waals surface area contributed by atoms with E-state index in [-0.39, 0.29) is 24.3 Å². The van der Waals surface area contributed by atoms with Crippen LogP contribution in [0.3, 0.4) is 0 Å². The van der Waals surface area contributed by atoms with Gasteiger partial charge < -0.3 is 20.1 Å². The van der Waals surface area contributed by atoms with Crippen molar-refractivity contribution in [1.29, 1.82) is 0 Å². The minimum absolute atomic E-state index is 0.0141. The first-order valence-electron chi connectivity index (χ1n) is 12.5. The average molecular weight is 505 g/mol. The number of hydrogen-bond acceptors (Lipinski definition) is 5. The van der Waals surface area contributed by atoms with Gasteiger partial charge in [0.15, 0.2) is 0 Å². The normalized spacial score (nSPS) is 16.2. The molecule has 190 valence electrons. The summed E-state index contributed by atoms with van der Waals surface area (Å²) in [5.74, 6) is -0.515. The van der Waals surface area contributed by atoms with Crippen LogP contribution < -0.4 is 5.32 Å². The Hall–Kier alpha value is -4.84. The van der Waals surface area contributed by atoms with Crippen molar-refractivity contribution in [2.45, 2.75) is 18.1 Å². The van der Waals surface area contributed by atoms with Crippen LogP contribution in [-0.2, 0) is 9.53 Å². The van der Waals surface area contributed by atoms with Crippen LogP contribution in [0.15, 0.2) is 127 Å². The molecule has 3 atom stereocenters. The van der Waals surface area contributed by atoms with E-state index in [1.807, 2.05) is 78.9 Å². The Morgan fingerprint density at radius 2 is 1.39 bits per heavy atom. The van der Waals surface area contributed by atoms with Gasteiger partial charge in [-0.3, -0.25) is 4.79 Å². The number of hydrogen-bond donors (Lipinski definition) is 2. The Labute approximate surface area is 221 Å². The van der Waals surface area contributed by atoms with Crippen molar-refractivity contribution in [3.05, 3.63) is 144 Å². The number of aromatic hydroxyl groups is 1. The molecular formula is C32H28N2O4. The number of para-hydroxylation sites is 2. The predicted molar refractivity (Wildman–Crippen MR) is 147 cm³/mol. The molecule has 6 heteroatoms. The molecule has 5 rings (SSSR count). The monoisotopic (exact) mass is 504 g/mol. The molecule has 2 unspecified atom stereocenters. The van der Waals surface area contributed by atoms with Gasteiger partial charge in [0.1, 0.15) is 12.4 Å². The van der Waals surface area contributed by atoms with Gasteiger partial charge in [-0.2, -0.15) is 0 Å². The average Bonchev–Trinajstić information content (AvgIpc) is 3.34. The molecule has 4 aromatic rings. The van der Waals surface area contributed by atoms with Crippen LogP contribution in [0.25, 0.3) is 0 Å². The van der Waals surface area contributed by atoms with Gasteiger partial charge in [-0.05, 0) is 35.4 Å². The number of esters is 1. The molecule has 1 amide bonds. The second kappa shape index (κ2) is 11.5. The largest absolute Gasteiger partial charge is 0.506 e. The van der Waals surface area contributed by atoms with E-state index >= 15 is 0 Å². The van der Waals surface area contributed by atoms with E-state index in [1.54, 1.807) is 53.4 Å². The Bertz CT molecular complexity index is 1410. The van der Waals surface area contributed by atoms with Gasteiger partial charge in [0.05, 0.1) is 29.4 Å². The first-order chi connectivity index (χ1) is 18.6. The number of phenols is 1. The number of phenolic OH excluding ortho intramolecular Hbond substituents is 1. The molecule has 4 aromatic carbocycles. The van der Waals surface area contributed by atoms with E-state index < -0.39 is 18.1 Å². The number of anilines is 1. The van der Waals surface area contributed by atoms with Gasteiger partial charge in [-0.15, -0.1) is 0 Å². The molecule has 1 heterocycles. The van der Waals surface area contributed by atoms with Crippen molar-refractivity contribution in [3.8, 4) is 5.75 Å². The first kappa shape index (κ1) is 24.8. The lowest BCUT2D eigenvalue weighted by molar-refractivity contribution is -0.130. The summed E-state index contributed by atoms with van der Waals surface area (Å²) in [5.41, 5.74) is 2.80. The maximum atomic E-state index is 13.4. The molecule has 2 N–H and O–H groups in total. The van der Waals surface area contributed by atoms with Crippen molar-refractivity contribution >= 4 is 17.6 Å². The number of carbonyl (C=O) groups is 2. The van der Waals surface area contributed by atoms with Crippen LogP contribution in [0, 0.1) is 0 Å². The maximum absolute atomic E-state index is 13.4. The fourth-order valence-electron chi connectivity index (χ4n) is 4.75. The van der Waals surface area contributed by atoms with Crippen LogP contribution in [0.1, 0.15) is 33.6 Å². The molecule has 0 saturated carbocycles. The van der Waals surface area contributed by atoms with Crippen LogP contribution in [0.2, 0.25) is 0 Å². The molecular weight excluding hydrogens is 476 g/mol. The predicted octanol–water partition coefficient (Wildman–Crippen LogP) is 5.91. The molecule has 0 bridgehead atoms.